The number of nitroso groups, excluding NO2 is 1. The second-order valence-electron chi connectivity index (χ2n) is 1.21. The summed E-state index contributed by atoms with van der Waals surface area (Å²) < 4.78 is 0. The molecular formula is C5H9NO. The predicted molar refractivity (Wildman–Crippen MR) is 30.1 cm³/mol. The van der Waals surface area contributed by atoms with E-state index in [1.807, 2.05) is 19.1 Å². The molecule has 2 heteroatoms. The van der Waals surface area contributed by atoms with Crippen LogP contribution < -0.4 is 0 Å². The van der Waals surface area contributed by atoms with Crippen LogP contribution in [0.5, 0.6) is 0 Å². The molecular weight excluding hydrogens is 90.1 g/mol. The number of nitrogens with zero attached hydrogens (tertiary/aromatic N) is 1. The van der Waals surface area contributed by atoms with Crippen LogP contribution in [-0.4, -0.2) is 6.54 Å². The van der Waals surface area contributed by atoms with Crippen LogP contribution in [0.25, 0.3) is 0 Å². The van der Waals surface area contributed by atoms with Gasteiger partial charge in [0.2, 0.25) is 0 Å². The van der Waals surface area contributed by atoms with Crippen molar-refractivity contribution >= 4 is 0 Å². The monoisotopic (exact) mass is 99.1 g/mol. The van der Waals surface area contributed by atoms with Gasteiger partial charge in [0.05, 0.1) is 6.54 Å². The first kappa shape index (κ1) is 6.34. The van der Waals surface area contributed by atoms with E-state index in [9.17, 15) is 4.91 Å². The highest BCUT2D eigenvalue weighted by Crippen LogP contribution is 1.80. The lowest BCUT2D eigenvalue weighted by atomic mass is 10.4. The second kappa shape index (κ2) is 5.34. The Morgan fingerprint density at radius 2 is 2.43 bits per heavy atom. The molecule has 0 aliphatic heterocycles. The van der Waals surface area contributed by atoms with Gasteiger partial charge in [0.25, 0.3) is 0 Å². The van der Waals surface area contributed by atoms with Crippen molar-refractivity contribution in [2.24, 2.45) is 5.18 Å². The first-order chi connectivity index (χ1) is 3.41. The van der Waals surface area contributed by atoms with Gasteiger partial charge in [0.15, 0.2) is 0 Å². The Bertz CT molecular complexity index is 68.5. The molecule has 0 spiro atoms. The lowest BCUT2D eigenvalue weighted by Crippen LogP contribution is -1.69. The number of rotatable bonds is 3. The fraction of sp³-hybridized carbons (Fsp3) is 0.600. The molecule has 0 saturated heterocycles. The molecule has 0 aromatic rings. The highest BCUT2D eigenvalue weighted by Gasteiger charge is 1.72. The maximum absolute atomic E-state index is 9.40. The normalized spacial score (nSPS) is 9.86. The SMILES string of the molecule is C/C=C/CCN=O. The number of hydrogen-bond donors (Lipinski definition) is 0. The average molecular weight is 99.1 g/mol. The number of allylic oxidation sites excluding steroid dienone is 1. The van der Waals surface area contributed by atoms with E-state index < -0.39 is 0 Å². The molecule has 0 amide bonds. The number of hydrogen-bond acceptors (Lipinski definition) is 2. The summed E-state index contributed by atoms with van der Waals surface area (Å²) >= 11 is 0. The summed E-state index contributed by atoms with van der Waals surface area (Å²) in [5.74, 6) is 0. The minimum Gasteiger partial charge on any atom is -0.151 e. The zero-order valence-electron chi connectivity index (χ0n) is 4.42. The molecule has 2 nitrogen and oxygen atoms in total. The Morgan fingerprint density at radius 1 is 1.71 bits per heavy atom. The summed E-state index contributed by atoms with van der Waals surface area (Å²) in [7, 11) is 0. The Morgan fingerprint density at radius 3 is 2.86 bits per heavy atom. The van der Waals surface area contributed by atoms with E-state index in [0.717, 1.165) is 6.42 Å². The fourth-order valence-corrected chi connectivity index (χ4v) is 0.294. The molecule has 0 N–H and O–H groups in total. The lowest BCUT2D eigenvalue weighted by Gasteiger charge is -1.75. The van der Waals surface area contributed by atoms with Gasteiger partial charge in [0, 0.05) is 0 Å². The van der Waals surface area contributed by atoms with Gasteiger partial charge in [-0.2, -0.15) is 4.91 Å². The largest absolute Gasteiger partial charge is 0.151 e. The maximum atomic E-state index is 9.40. The summed E-state index contributed by atoms with van der Waals surface area (Å²) in [6, 6.07) is 0. The quantitative estimate of drug-likeness (QED) is 0.301. The average Bonchev–Trinajstić information content (AvgIpc) is 1.69. The first-order valence-corrected chi connectivity index (χ1v) is 2.32. The standard InChI is InChI=1S/C5H9NO/c1-2-3-4-5-6-7/h2-3H,4-5H2,1H3/b3-2+. The Balaban J connectivity index is 2.82. The van der Waals surface area contributed by atoms with Crippen LogP contribution in [0.15, 0.2) is 17.3 Å². The van der Waals surface area contributed by atoms with Gasteiger partial charge >= 0.3 is 0 Å². The zero-order chi connectivity index (χ0) is 5.54. The van der Waals surface area contributed by atoms with Gasteiger partial charge in [-0.05, 0) is 13.3 Å². The minimum atomic E-state index is 0.407. The van der Waals surface area contributed by atoms with Gasteiger partial charge in [0.1, 0.15) is 0 Å². The van der Waals surface area contributed by atoms with Crippen molar-refractivity contribution < 1.29 is 0 Å². The van der Waals surface area contributed by atoms with Crippen LogP contribution in [0, 0.1) is 4.91 Å². The predicted octanol–water partition coefficient (Wildman–Crippen LogP) is 1.72. The molecule has 0 atom stereocenters. The highest BCUT2D eigenvalue weighted by atomic mass is 16.3. The van der Waals surface area contributed by atoms with Crippen LogP contribution in [0.2, 0.25) is 0 Å². The van der Waals surface area contributed by atoms with E-state index in [4.69, 9.17) is 0 Å². The van der Waals surface area contributed by atoms with Crippen molar-refractivity contribution in [3.8, 4) is 0 Å². The first-order valence-electron chi connectivity index (χ1n) is 2.32. The van der Waals surface area contributed by atoms with Gasteiger partial charge in [-0.1, -0.05) is 17.3 Å². The van der Waals surface area contributed by atoms with Crippen molar-refractivity contribution in [3.63, 3.8) is 0 Å². The van der Waals surface area contributed by atoms with Crippen molar-refractivity contribution in [3.05, 3.63) is 17.1 Å². The molecule has 0 rings (SSSR count). The minimum absolute atomic E-state index is 0.407. The van der Waals surface area contributed by atoms with Gasteiger partial charge in [-0.3, -0.25) is 0 Å². The third kappa shape index (κ3) is 5.34. The summed E-state index contributed by atoms with van der Waals surface area (Å²) in [6.07, 6.45) is 4.60. The molecule has 7 heavy (non-hydrogen) atoms. The van der Waals surface area contributed by atoms with Gasteiger partial charge in [-0.25, -0.2) is 0 Å². The Kier molecular flexibility index (Phi) is 4.84. The summed E-state index contributed by atoms with van der Waals surface area (Å²) in [4.78, 5) is 9.40. The van der Waals surface area contributed by atoms with Crippen molar-refractivity contribution in [2.75, 3.05) is 6.54 Å². The maximum Gasteiger partial charge on any atom is 0.0845 e. The Hall–Kier alpha value is -0.660. The van der Waals surface area contributed by atoms with Gasteiger partial charge < -0.3 is 0 Å². The second-order valence-corrected chi connectivity index (χ2v) is 1.21. The van der Waals surface area contributed by atoms with Crippen LogP contribution in [-0.2, 0) is 0 Å². The molecule has 0 unspecified atom stereocenters. The van der Waals surface area contributed by atoms with Crippen LogP contribution >= 0.6 is 0 Å². The summed E-state index contributed by atoms with van der Waals surface area (Å²) in [5.41, 5.74) is 0. The molecule has 0 bridgehead atoms. The van der Waals surface area contributed by atoms with Crippen LogP contribution in [0.4, 0.5) is 0 Å². The van der Waals surface area contributed by atoms with Crippen molar-refractivity contribution in [2.45, 2.75) is 13.3 Å². The van der Waals surface area contributed by atoms with Crippen LogP contribution in [0.3, 0.4) is 0 Å². The fourth-order valence-electron chi connectivity index (χ4n) is 0.294. The lowest BCUT2D eigenvalue weighted by molar-refractivity contribution is 0.995. The van der Waals surface area contributed by atoms with E-state index in [-0.39, 0.29) is 0 Å². The van der Waals surface area contributed by atoms with Gasteiger partial charge in [-0.15, -0.1) is 0 Å². The molecule has 40 valence electrons. The van der Waals surface area contributed by atoms with E-state index in [1.54, 1.807) is 0 Å². The molecule has 0 aromatic heterocycles. The zero-order valence-corrected chi connectivity index (χ0v) is 4.42. The van der Waals surface area contributed by atoms with E-state index in [1.165, 1.54) is 0 Å². The molecule has 0 saturated carbocycles. The van der Waals surface area contributed by atoms with Crippen LogP contribution in [0.1, 0.15) is 13.3 Å². The molecule has 0 aliphatic carbocycles. The summed E-state index contributed by atoms with van der Waals surface area (Å²) in [5, 5.41) is 2.67. The highest BCUT2D eigenvalue weighted by molar-refractivity contribution is 4.76. The molecule has 0 heterocycles. The summed E-state index contributed by atoms with van der Waals surface area (Å²) in [6.45, 7) is 2.33. The van der Waals surface area contributed by atoms with Crippen molar-refractivity contribution in [1.82, 2.24) is 0 Å². The Labute approximate surface area is 43.2 Å². The molecule has 0 aliphatic rings. The molecule has 0 radical (unpaired) electrons. The molecule has 0 aromatic carbocycles. The van der Waals surface area contributed by atoms with E-state index in [0.29, 0.717) is 6.54 Å². The molecule has 0 fully saturated rings. The third-order valence-corrected chi connectivity index (χ3v) is 0.623. The van der Waals surface area contributed by atoms with Crippen molar-refractivity contribution in [1.29, 1.82) is 0 Å². The van der Waals surface area contributed by atoms with E-state index >= 15 is 0 Å². The smallest absolute Gasteiger partial charge is 0.0845 e. The van der Waals surface area contributed by atoms with E-state index in [2.05, 4.69) is 5.18 Å². The third-order valence-electron chi connectivity index (χ3n) is 0.623. The topological polar surface area (TPSA) is 29.4 Å².